The van der Waals surface area contributed by atoms with Crippen molar-refractivity contribution in [2.45, 2.75) is 6.54 Å². The van der Waals surface area contributed by atoms with Gasteiger partial charge in [-0.15, -0.1) is 0 Å². The van der Waals surface area contributed by atoms with Crippen molar-refractivity contribution in [1.82, 2.24) is 0 Å². The van der Waals surface area contributed by atoms with Crippen molar-refractivity contribution in [2.24, 2.45) is 0 Å². The number of rotatable bonds is 4. The number of hydrogen-bond donors (Lipinski definition) is 2. The van der Waals surface area contributed by atoms with Gasteiger partial charge in [-0.25, -0.2) is 13.2 Å². The molecule has 8 heteroatoms. The van der Waals surface area contributed by atoms with Crippen LogP contribution in [0.3, 0.4) is 0 Å². The number of nitrogens with zero attached hydrogens (tertiary/aromatic N) is 1. The molecule has 2 aromatic carbocycles. The van der Waals surface area contributed by atoms with Crippen molar-refractivity contribution < 1.29 is 23.2 Å². The van der Waals surface area contributed by atoms with Crippen LogP contribution in [0.25, 0.3) is 0 Å². The van der Waals surface area contributed by atoms with Crippen LogP contribution in [0.4, 0.5) is 24.5 Å². The molecule has 110 valence electrons. The Morgan fingerprint density at radius 1 is 1.14 bits per heavy atom. The van der Waals surface area contributed by atoms with Crippen LogP contribution in [-0.2, 0) is 6.54 Å². The van der Waals surface area contributed by atoms with Gasteiger partial charge in [0.05, 0.1) is 11.0 Å². The van der Waals surface area contributed by atoms with Crippen LogP contribution in [0.15, 0.2) is 30.3 Å². The molecule has 2 rings (SSSR count). The number of nitro groups is 1. The van der Waals surface area contributed by atoms with Crippen LogP contribution in [0.1, 0.15) is 5.56 Å². The zero-order valence-electron chi connectivity index (χ0n) is 10.4. The van der Waals surface area contributed by atoms with Gasteiger partial charge in [-0.1, -0.05) is 6.07 Å². The fourth-order valence-electron chi connectivity index (χ4n) is 1.73. The molecule has 0 heterocycles. The van der Waals surface area contributed by atoms with E-state index in [1.807, 2.05) is 0 Å². The summed E-state index contributed by atoms with van der Waals surface area (Å²) in [6.07, 6.45) is 0. The molecule has 5 nitrogen and oxygen atoms in total. The van der Waals surface area contributed by atoms with Crippen LogP contribution in [0.5, 0.6) is 5.75 Å². The van der Waals surface area contributed by atoms with Gasteiger partial charge in [-0.05, 0) is 17.7 Å². The van der Waals surface area contributed by atoms with Gasteiger partial charge in [-0.2, -0.15) is 0 Å². The van der Waals surface area contributed by atoms with Gasteiger partial charge in [0.2, 0.25) is 0 Å². The lowest BCUT2D eigenvalue weighted by Crippen LogP contribution is -2.06. The molecule has 0 fully saturated rings. The molecule has 0 saturated heterocycles. The Labute approximate surface area is 116 Å². The topological polar surface area (TPSA) is 75.4 Å². The molecule has 0 atom stereocenters. The number of anilines is 1. The van der Waals surface area contributed by atoms with Gasteiger partial charge < -0.3 is 10.4 Å². The van der Waals surface area contributed by atoms with E-state index in [2.05, 4.69) is 5.32 Å². The summed E-state index contributed by atoms with van der Waals surface area (Å²) in [4.78, 5) is 9.85. The summed E-state index contributed by atoms with van der Waals surface area (Å²) in [6.45, 7) is -0.138. The maximum Gasteiger partial charge on any atom is 0.298 e. The first-order chi connectivity index (χ1) is 9.88. The second kappa shape index (κ2) is 5.70. The maximum absolute atomic E-state index is 13.6. The molecule has 0 aromatic heterocycles. The molecule has 0 saturated carbocycles. The predicted molar refractivity (Wildman–Crippen MR) is 68.4 cm³/mol. The summed E-state index contributed by atoms with van der Waals surface area (Å²) < 4.78 is 39.7. The minimum absolute atomic E-state index is 0.138. The number of aromatic hydroxyl groups is 1. The molecule has 0 unspecified atom stereocenters. The molecule has 0 radical (unpaired) electrons. The lowest BCUT2D eigenvalue weighted by atomic mass is 10.2. The number of phenols is 1. The fraction of sp³-hybridized carbons (Fsp3) is 0.0769. The van der Waals surface area contributed by atoms with Gasteiger partial charge in [0.25, 0.3) is 5.69 Å². The van der Waals surface area contributed by atoms with E-state index in [1.54, 1.807) is 0 Å². The average Bonchev–Trinajstić information content (AvgIpc) is 2.40. The van der Waals surface area contributed by atoms with E-state index in [4.69, 9.17) is 5.11 Å². The standard InChI is InChI=1S/C13H9F3N2O3/c14-8-4-10(16)13(11(5-8)18(20)21)17-6-7-1-2-12(19)9(15)3-7/h1-5,17,19H,6H2. The molecular formula is C13H9F3N2O3. The Hall–Kier alpha value is -2.77. The molecule has 0 spiro atoms. The summed E-state index contributed by atoms with van der Waals surface area (Å²) in [7, 11) is 0. The Balaban J connectivity index is 2.27. The van der Waals surface area contributed by atoms with Gasteiger partial charge in [0.1, 0.15) is 11.5 Å². The summed E-state index contributed by atoms with van der Waals surface area (Å²) in [5, 5.41) is 22.2. The highest BCUT2D eigenvalue weighted by atomic mass is 19.1. The number of halogens is 3. The van der Waals surface area contributed by atoms with E-state index in [0.29, 0.717) is 17.7 Å². The Morgan fingerprint density at radius 2 is 1.86 bits per heavy atom. The van der Waals surface area contributed by atoms with E-state index in [9.17, 15) is 23.3 Å². The van der Waals surface area contributed by atoms with Crippen LogP contribution in [0, 0.1) is 27.6 Å². The highest BCUT2D eigenvalue weighted by molar-refractivity contribution is 5.62. The molecular weight excluding hydrogens is 289 g/mol. The third kappa shape index (κ3) is 3.22. The van der Waals surface area contributed by atoms with Crippen molar-refractivity contribution in [2.75, 3.05) is 5.32 Å². The first kappa shape index (κ1) is 14.6. The van der Waals surface area contributed by atoms with Crippen LogP contribution in [0.2, 0.25) is 0 Å². The fourth-order valence-corrected chi connectivity index (χ4v) is 1.73. The van der Waals surface area contributed by atoms with Crippen molar-refractivity contribution in [3.8, 4) is 5.75 Å². The molecule has 0 aliphatic carbocycles. The van der Waals surface area contributed by atoms with E-state index in [1.165, 1.54) is 6.07 Å². The molecule has 2 aromatic rings. The van der Waals surface area contributed by atoms with Crippen molar-refractivity contribution in [3.05, 3.63) is 63.5 Å². The highest BCUT2D eigenvalue weighted by Gasteiger charge is 2.20. The van der Waals surface area contributed by atoms with Crippen molar-refractivity contribution >= 4 is 11.4 Å². The van der Waals surface area contributed by atoms with Crippen LogP contribution >= 0.6 is 0 Å². The Morgan fingerprint density at radius 3 is 2.48 bits per heavy atom. The molecule has 2 N–H and O–H groups in total. The zero-order chi connectivity index (χ0) is 15.6. The number of nitrogens with one attached hydrogen (secondary N) is 1. The molecule has 0 aliphatic heterocycles. The van der Waals surface area contributed by atoms with Crippen LogP contribution < -0.4 is 5.32 Å². The molecule has 0 bridgehead atoms. The van der Waals surface area contributed by atoms with Crippen molar-refractivity contribution in [3.63, 3.8) is 0 Å². The number of phenolic OH excluding ortho intramolecular Hbond substituents is 1. The first-order valence-corrected chi connectivity index (χ1v) is 5.73. The largest absolute Gasteiger partial charge is 0.505 e. The van der Waals surface area contributed by atoms with Gasteiger partial charge in [-0.3, -0.25) is 10.1 Å². The van der Waals surface area contributed by atoms with E-state index < -0.39 is 39.5 Å². The SMILES string of the molecule is O=[N+]([O-])c1cc(F)cc(F)c1NCc1ccc(O)c(F)c1. The minimum Gasteiger partial charge on any atom is -0.505 e. The summed E-state index contributed by atoms with van der Waals surface area (Å²) in [6, 6.07) is 4.55. The lowest BCUT2D eigenvalue weighted by Gasteiger charge is -2.09. The van der Waals surface area contributed by atoms with E-state index in [0.717, 1.165) is 12.1 Å². The zero-order valence-corrected chi connectivity index (χ0v) is 10.4. The smallest absolute Gasteiger partial charge is 0.298 e. The Bertz CT molecular complexity index is 707. The second-order valence-electron chi connectivity index (χ2n) is 4.18. The second-order valence-corrected chi connectivity index (χ2v) is 4.18. The van der Waals surface area contributed by atoms with Gasteiger partial charge >= 0.3 is 0 Å². The normalized spacial score (nSPS) is 10.4. The predicted octanol–water partition coefficient (Wildman–Crippen LogP) is 3.33. The maximum atomic E-state index is 13.6. The summed E-state index contributed by atoms with van der Waals surface area (Å²) in [5.41, 5.74) is -0.926. The Kier molecular flexibility index (Phi) is 3.97. The summed E-state index contributed by atoms with van der Waals surface area (Å²) in [5.74, 6) is -3.61. The van der Waals surface area contributed by atoms with Gasteiger partial charge in [0.15, 0.2) is 17.4 Å². The number of nitro benzene ring substituents is 1. The van der Waals surface area contributed by atoms with E-state index >= 15 is 0 Å². The number of hydrogen-bond acceptors (Lipinski definition) is 4. The van der Waals surface area contributed by atoms with E-state index in [-0.39, 0.29) is 6.54 Å². The quantitative estimate of drug-likeness (QED) is 0.670. The third-order valence-corrected chi connectivity index (χ3v) is 2.71. The summed E-state index contributed by atoms with van der Waals surface area (Å²) >= 11 is 0. The molecule has 0 aliphatic rings. The minimum atomic E-state index is -1.12. The molecule has 0 amide bonds. The highest BCUT2D eigenvalue weighted by Crippen LogP contribution is 2.29. The average molecular weight is 298 g/mol. The third-order valence-electron chi connectivity index (χ3n) is 2.71. The molecule has 21 heavy (non-hydrogen) atoms. The lowest BCUT2D eigenvalue weighted by molar-refractivity contribution is -0.384. The first-order valence-electron chi connectivity index (χ1n) is 5.73. The van der Waals surface area contributed by atoms with Crippen LogP contribution in [-0.4, -0.2) is 10.0 Å². The monoisotopic (exact) mass is 298 g/mol. The van der Waals surface area contributed by atoms with Crippen molar-refractivity contribution in [1.29, 1.82) is 0 Å². The van der Waals surface area contributed by atoms with Gasteiger partial charge in [0, 0.05) is 12.6 Å². The number of benzene rings is 2.